The van der Waals surface area contributed by atoms with Crippen LogP contribution in [0.3, 0.4) is 0 Å². The molecule has 4 rings (SSSR count). The largest absolute Gasteiger partial charge is 0.285 e. The highest BCUT2D eigenvalue weighted by atomic mass is 32.1. The van der Waals surface area contributed by atoms with Gasteiger partial charge < -0.3 is 0 Å². The highest BCUT2D eigenvalue weighted by Gasteiger charge is 2.20. The van der Waals surface area contributed by atoms with Crippen molar-refractivity contribution in [2.24, 2.45) is 12.1 Å². The molecule has 7 heteroatoms. The fraction of sp³-hybridized carbons (Fsp3) is 0.286. The maximum Gasteiger partial charge on any atom is 0.280 e. The number of carbonyl (C=O) groups is 1. The van der Waals surface area contributed by atoms with Crippen molar-refractivity contribution in [2.45, 2.75) is 32.6 Å². The Morgan fingerprint density at radius 1 is 1.21 bits per heavy atom. The van der Waals surface area contributed by atoms with Gasteiger partial charge in [-0.3, -0.25) is 14.3 Å². The number of aromatic nitrogens is 2. The van der Waals surface area contributed by atoms with E-state index in [0.717, 1.165) is 36.2 Å². The molecule has 0 aliphatic heterocycles. The second-order valence-corrected chi connectivity index (χ2v) is 7.90. The quantitative estimate of drug-likeness (QED) is 0.545. The molecule has 1 N–H and O–H groups in total. The van der Waals surface area contributed by atoms with E-state index in [0.29, 0.717) is 11.1 Å². The first-order valence-electron chi connectivity index (χ1n) is 9.34. The first-order valence-corrected chi connectivity index (χ1v) is 10.2. The van der Waals surface area contributed by atoms with Crippen LogP contribution >= 0.6 is 11.3 Å². The summed E-state index contributed by atoms with van der Waals surface area (Å²) < 4.78 is 3.38. The van der Waals surface area contributed by atoms with Gasteiger partial charge in [0, 0.05) is 23.0 Å². The van der Waals surface area contributed by atoms with Gasteiger partial charge in [-0.25, -0.2) is 10.1 Å². The number of benzene rings is 1. The van der Waals surface area contributed by atoms with Crippen LogP contribution in [0.5, 0.6) is 0 Å². The van der Waals surface area contributed by atoms with Crippen LogP contribution in [0.2, 0.25) is 0 Å². The lowest BCUT2D eigenvalue weighted by Crippen LogP contribution is -2.22. The standard InChI is InChI=1S/C21H22N4O2S/c1-14-17(21(27)25(24(14)2)15-8-4-3-5-9-15)12-22-23-20(26)18-13-28-19-11-7-6-10-16(18)19/h3-5,8-9,12-13H,6-7,10-11H2,1-2H3,(H,23,26)/b22-12-. The van der Waals surface area contributed by atoms with E-state index in [9.17, 15) is 9.59 Å². The number of rotatable bonds is 4. The van der Waals surface area contributed by atoms with Gasteiger partial charge >= 0.3 is 0 Å². The van der Waals surface area contributed by atoms with Gasteiger partial charge in [-0.15, -0.1) is 11.3 Å². The summed E-state index contributed by atoms with van der Waals surface area (Å²) in [5.41, 5.74) is 6.31. The van der Waals surface area contributed by atoms with Crippen molar-refractivity contribution < 1.29 is 4.79 Å². The summed E-state index contributed by atoms with van der Waals surface area (Å²) in [5.74, 6) is -0.215. The van der Waals surface area contributed by atoms with Crippen molar-refractivity contribution in [3.8, 4) is 5.69 Å². The summed E-state index contributed by atoms with van der Waals surface area (Å²) in [6.45, 7) is 1.86. The van der Waals surface area contributed by atoms with Gasteiger partial charge in [-0.05, 0) is 50.3 Å². The summed E-state index contributed by atoms with van der Waals surface area (Å²) in [4.78, 5) is 26.7. The second kappa shape index (κ2) is 7.59. The molecular formula is C21H22N4O2S. The van der Waals surface area contributed by atoms with Gasteiger partial charge in [0.2, 0.25) is 0 Å². The molecule has 0 unspecified atom stereocenters. The Balaban J connectivity index is 1.57. The summed E-state index contributed by atoms with van der Waals surface area (Å²) in [7, 11) is 1.83. The number of hydrogen-bond donors (Lipinski definition) is 1. The van der Waals surface area contributed by atoms with E-state index in [-0.39, 0.29) is 11.5 Å². The zero-order valence-corrected chi connectivity index (χ0v) is 16.8. The third-order valence-corrected chi connectivity index (χ3v) is 6.35. The lowest BCUT2D eigenvalue weighted by atomic mass is 9.96. The third-order valence-electron chi connectivity index (χ3n) is 5.26. The fourth-order valence-corrected chi connectivity index (χ4v) is 4.76. The average molecular weight is 395 g/mol. The van der Waals surface area contributed by atoms with Gasteiger partial charge in [0.05, 0.1) is 23.0 Å². The van der Waals surface area contributed by atoms with Crippen LogP contribution < -0.4 is 11.0 Å². The summed E-state index contributed by atoms with van der Waals surface area (Å²) in [5, 5.41) is 5.98. The minimum absolute atomic E-state index is 0.169. The van der Waals surface area contributed by atoms with Gasteiger partial charge in [0.25, 0.3) is 11.5 Å². The number of amides is 1. The van der Waals surface area contributed by atoms with Gasteiger partial charge in [-0.1, -0.05) is 18.2 Å². The molecule has 0 bridgehead atoms. The molecule has 0 radical (unpaired) electrons. The molecule has 0 saturated carbocycles. The number of thiophene rings is 1. The normalized spacial score (nSPS) is 13.6. The number of nitrogens with one attached hydrogen (secondary N) is 1. The van der Waals surface area contributed by atoms with Gasteiger partial charge in [0.1, 0.15) is 0 Å². The molecular weight excluding hydrogens is 372 g/mol. The number of carbonyl (C=O) groups excluding carboxylic acids is 1. The first kappa shape index (κ1) is 18.4. The highest BCUT2D eigenvalue weighted by Crippen LogP contribution is 2.30. The average Bonchev–Trinajstić information content (AvgIpc) is 3.23. The van der Waals surface area contributed by atoms with Gasteiger partial charge in [0.15, 0.2) is 0 Å². The summed E-state index contributed by atoms with van der Waals surface area (Å²) in [6, 6.07) is 9.44. The lowest BCUT2D eigenvalue weighted by molar-refractivity contribution is 0.0954. The monoisotopic (exact) mass is 394 g/mol. The Bertz CT molecular complexity index is 1110. The van der Waals surface area contributed by atoms with Crippen molar-refractivity contribution in [2.75, 3.05) is 0 Å². The molecule has 0 spiro atoms. The lowest BCUT2D eigenvalue weighted by Gasteiger charge is -2.11. The molecule has 0 atom stereocenters. The molecule has 28 heavy (non-hydrogen) atoms. The van der Waals surface area contributed by atoms with Crippen LogP contribution in [0, 0.1) is 6.92 Å². The van der Waals surface area contributed by atoms with E-state index in [1.165, 1.54) is 17.5 Å². The van der Waals surface area contributed by atoms with E-state index in [1.807, 2.05) is 49.7 Å². The number of aryl methyl sites for hydroxylation is 1. The Labute approximate surface area is 167 Å². The molecule has 2 heterocycles. The molecule has 1 amide bonds. The van der Waals surface area contributed by atoms with E-state index < -0.39 is 0 Å². The smallest absolute Gasteiger partial charge is 0.280 e. The molecule has 1 aliphatic rings. The summed E-state index contributed by atoms with van der Waals surface area (Å²) in [6.07, 6.45) is 5.75. The molecule has 0 fully saturated rings. The Kier molecular flexibility index (Phi) is 5.00. The fourth-order valence-electron chi connectivity index (χ4n) is 3.64. The second-order valence-electron chi connectivity index (χ2n) is 6.93. The Morgan fingerprint density at radius 3 is 2.75 bits per heavy atom. The molecule has 0 saturated heterocycles. The van der Waals surface area contributed by atoms with Crippen molar-refractivity contribution in [1.82, 2.24) is 14.8 Å². The number of para-hydroxylation sites is 1. The first-order chi connectivity index (χ1) is 13.6. The van der Waals surface area contributed by atoms with E-state index >= 15 is 0 Å². The maximum absolute atomic E-state index is 12.8. The molecule has 2 aromatic heterocycles. The SMILES string of the molecule is Cc1c(/C=N\NC(=O)c2csc3c2CCCC3)c(=O)n(-c2ccccc2)n1C. The zero-order chi connectivity index (χ0) is 19.7. The molecule has 6 nitrogen and oxygen atoms in total. The van der Waals surface area contributed by atoms with E-state index in [4.69, 9.17) is 0 Å². The number of fused-ring (bicyclic) bond motifs is 1. The summed E-state index contributed by atoms with van der Waals surface area (Å²) >= 11 is 1.65. The van der Waals surface area contributed by atoms with Crippen LogP contribution in [0.25, 0.3) is 5.69 Å². The van der Waals surface area contributed by atoms with E-state index in [1.54, 1.807) is 20.7 Å². The zero-order valence-electron chi connectivity index (χ0n) is 15.9. The van der Waals surface area contributed by atoms with Gasteiger partial charge in [-0.2, -0.15) is 5.10 Å². The predicted octanol–water partition coefficient (Wildman–Crippen LogP) is 3.19. The van der Waals surface area contributed by atoms with Crippen molar-refractivity contribution in [3.63, 3.8) is 0 Å². The van der Waals surface area contributed by atoms with Crippen LogP contribution in [-0.2, 0) is 19.9 Å². The van der Waals surface area contributed by atoms with Crippen LogP contribution in [-0.4, -0.2) is 21.5 Å². The molecule has 3 aromatic rings. The third kappa shape index (κ3) is 3.22. The van der Waals surface area contributed by atoms with Crippen LogP contribution in [0.1, 0.15) is 44.9 Å². The molecule has 1 aromatic carbocycles. The predicted molar refractivity (Wildman–Crippen MR) is 112 cm³/mol. The van der Waals surface area contributed by atoms with E-state index in [2.05, 4.69) is 10.5 Å². The Morgan fingerprint density at radius 2 is 1.96 bits per heavy atom. The number of hydrazone groups is 1. The molecule has 1 aliphatic carbocycles. The van der Waals surface area contributed by atoms with Crippen LogP contribution in [0.15, 0.2) is 45.6 Å². The number of nitrogens with zero attached hydrogens (tertiary/aromatic N) is 3. The minimum Gasteiger partial charge on any atom is -0.285 e. The van der Waals surface area contributed by atoms with Crippen molar-refractivity contribution >= 4 is 23.5 Å². The maximum atomic E-state index is 12.8. The van der Waals surface area contributed by atoms with Crippen molar-refractivity contribution in [1.29, 1.82) is 0 Å². The number of hydrogen-bond acceptors (Lipinski definition) is 4. The Hall–Kier alpha value is -2.93. The topological polar surface area (TPSA) is 68.4 Å². The van der Waals surface area contributed by atoms with Crippen molar-refractivity contribution in [3.05, 3.63) is 73.3 Å². The van der Waals surface area contributed by atoms with Crippen LogP contribution in [0.4, 0.5) is 0 Å². The minimum atomic E-state index is -0.215. The highest BCUT2D eigenvalue weighted by molar-refractivity contribution is 7.10. The molecule has 144 valence electrons.